The van der Waals surface area contributed by atoms with Crippen LogP contribution in [0.1, 0.15) is 5.56 Å². The zero-order valence-electron chi connectivity index (χ0n) is 8.87. The second-order valence-electron chi connectivity index (χ2n) is 3.57. The summed E-state index contributed by atoms with van der Waals surface area (Å²) in [5.41, 5.74) is 0.952. The predicted molar refractivity (Wildman–Crippen MR) is 69.0 cm³/mol. The normalized spacial score (nSPS) is 18.7. The number of amides is 1. The van der Waals surface area contributed by atoms with Gasteiger partial charge in [-0.05, 0) is 18.2 Å². The molecule has 1 aliphatic rings. The lowest BCUT2D eigenvalue weighted by atomic mass is 10.2. The van der Waals surface area contributed by atoms with Gasteiger partial charge in [-0.15, -0.1) is 11.8 Å². The van der Waals surface area contributed by atoms with Crippen LogP contribution in [-0.4, -0.2) is 23.6 Å². The number of nitrogens with one attached hydrogen (secondary N) is 2. The van der Waals surface area contributed by atoms with Gasteiger partial charge in [-0.3, -0.25) is 10.1 Å². The van der Waals surface area contributed by atoms with Gasteiger partial charge in [0.05, 0.1) is 28.4 Å². The zero-order valence-corrected chi connectivity index (χ0v) is 10.4. The molecule has 0 spiro atoms. The monoisotopic (exact) mass is 267 g/mol. The maximum absolute atomic E-state index is 11.8. The van der Waals surface area contributed by atoms with Gasteiger partial charge in [0.2, 0.25) is 5.91 Å². The van der Waals surface area contributed by atoms with Crippen molar-refractivity contribution in [1.29, 1.82) is 5.26 Å². The van der Waals surface area contributed by atoms with Gasteiger partial charge in [0, 0.05) is 11.6 Å². The molecule has 2 rings (SSSR count). The fraction of sp³-hybridized carbons (Fsp3) is 0.273. The minimum Gasteiger partial charge on any atom is -0.323 e. The summed E-state index contributed by atoms with van der Waals surface area (Å²) in [5.74, 6) is 1.41. The standard InChI is InChI=1S/C11H10ClN3OS/c12-8-2-1-7(4-13)3-9(8)15-11(16)10-5-17-6-14-10/h1-3,10,14H,5-6H2,(H,15,16). The van der Waals surface area contributed by atoms with E-state index in [1.807, 2.05) is 6.07 Å². The fourth-order valence-electron chi connectivity index (χ4n) is 1.47. The Bertz CT molecular complexity index is 480. The minimum atomic E-state index is -0.193. The van der Waals surface area contributed by atoms with Crippen molar-refractivity contribution in [2.45, 2.75) is 6.04 Å². The van der Waals surface area contributed by atoms with Gasteiger partial charge in [-0.25, -0.2) is 0 Å². The van der Waals surface area contributed by atoms with E-state index in [4.69, 9.17) is 16.9 Å². The molecule has 4 nitrogen and oxygen atoms in total. The molecule has 1 heterocycles. The molecule has 0 radical (unpaired) electrons. The average molecular weight is 268 g/mol. The van der Waals surface area contributed by atoms with Gasteiger partial charge in [0.25, 0.3) is 0 Å². The lowest BCUT2D eigenvalue weighted by molar-refractivity contribution is -0.117. The molecule has 1 aromatic carbocycles. The Morgan fingerprint density at radius 3 is 3.12 bits per heavy atom. The Labute approximate surface area is 108 Å². The fourth-order valence-corrected chi connectivity index (χ4v) is 2.58. The van der Waals surface area contributed by atoms with Crippen LogP contribution >= 0.6 is 23.4 Å². The first-order chi connectivity index (χ1) is 8.20. The maximum atomic E-state index is 11.8. The summed E-state index contributed by atoms with van der Waals surface area (Å²) in [6, 6.07) is 6.60. The third kappa shape index (κ3) is 2.91. The summed E-state index contributed by atoms with van der Waals surface area (Å²) in [4.78, 5) is 11.8. The molecule has 1 aromatic rings. The largest absolute Gasteiger partial charge is 0.323 e. The summed E-state index contributed by atoms with van der Waals surface area (Å²) < 4.78 is 0. The molecule has 1 fully saturated rings. The Hall–Kier alpha value is -1.22. The molecule has 0 saturated carbocycles. The number of benzene rings is 1. The predicted octanol–water partition coefficient (Wildman–Crippen LogP) is 1.81. The van der Waals surface area contributed by atoms with Crippen LogP contribution in [0.15, 0.2) is 18.2 Å². The number of rotatable bonds is 2. The lowest BCUT2D eigenvalue weighted by Gasteiger charge is -2.11. The molecule has 1 aliphatic heterocycles. The molecule has 0 bridgehead atoms. The first kappa shape index (κ1) is 12.2. The number of carbonyl (C=O) groups excluding carboxylic acids is 1. The van der Waals surface area contributed by atoms with Crippen LogP contribution in [0.2, 0.25) is 5.02 Å². The second kappa shape index (κ2) is 5.41. The molecule has 1 amide bonds. The van der Waals surface area contributed by atoms with Crippen molar-refractivity contribution in [2.24, 2.45) is 0 Å². The summed E-state index contributed by atoms with van der Waals surface area (Å²) in [7, 11) is 0. The van der Waals surface area contributed by atoms with E-state index in [1.54, 1.807) is 30.0 Å². The number of hydrogen-bond acceptors (Lipinski definition) is 4. The van der Waals surface area contributed by atoms with E-state index in [0.29, 0.717) is 16.3 Å². The van der Waals surface area contributed by atoms with Crippen LogP contribution in [-0.2, 0) is 4.79 Å². The highest BCUT2D eigenvalue weighted by atomic mass is 35.5. The van der Waals surface area contributed by atoms with Crippen molar-refractivity contribution >= 4 is 35.0 Å². The first-order valence-corrected chi connectivity index (χ1v) is 6.55. The Morgan fingerprint density at radius 2 is 2.47 bits per heavy atom. The average Bonchev–Trinajstić information content (AvgIpc) is 2.85. The van der Waals surface area contributed by atoms with Crippen LogP contribution in [0.3, 0.4) is 0 Å². The third-order valence-electron chi connectivity index (χ3n) is 2.39. The Balaban J connectivity index is 2.12. The van der Waals surface area contributed by atoms with E-state index in [2.05, 4.69) is 10.6 Å². The maximum Gasteiger partial charge on any atom is 0.242 e. The molecule has 0 aromatic heterocycles. The van der Waals surface area contributed by atoms with Gasteiger partial charge in [0.15, 0.2) is 0 Å². The van der Waals surface area contributed by atoms with Gasteiger partial charge < -0.3 is 5.32 Å². The molecule has 17 heavy (non-hydrogen) atoms. The number of carbonyl (C=O) groups is 1. The molecule has 2 N–H and O–H groups in total. The molecule has 1 unspecified atom stereocenters. The molecule has 1 saturated heterocycles. The topological polar surface area (TPSA) is 64.9 Å². The van der Waals surface area contributed by atoms with Crippen molar-refractivity contribution in [3.05, 3.63) is 28.8 Å². The number of thioether (sulfide) groups is 1. The van der Waals surface area contributed by atoms with Crippen LogP contribution in [0.5, 0.6) is 0 Å². The van der Waals surface area contributed by atoms with Crippen molar-refractivity contribution in [3.63, 3.8) is 0 Å². The highest BCUT2D eigenvalue weighted by molar-refractivity contribution is 7.99. The summed E-state index contributed by atoms with van der Waals surface area (Å²) in [6.45, 7) is 0. The van der Waals surface area contributed by atoms with Crippen molar-refractivity contribution in [3.8, 4) is 6.07 Å². The lowest BCUT2D eigenvalue weighted by Crippen LogP contribution is -2.37. The van der Waals surface area contributed by atoms with Crippen LogP contribution in [0.25, 0.3) is 0 Å². The number of anilines is 1. The first-order valence-electron chi connectivity index (χ1n) is 5.02. The van der Waals surface area contributed by atoms with E-state index >= 15 is 0 Å². The van der Waals surface area contributed by atoms with Crippen molar-refractivity contribution < 1.29 is 4.79 Å². The molecular weight excluding hydrogens is 258 g/mol. The quantitative estimate of drug-likeness (QED) is 0.858. The smallest absolute Gasteiger partial charge is 0.242 e. The summed E-state index contributed by atoms with van der Waals surface area (Å²) in [6.07, 6.45) is 0. The van der Waals surface area contributed by atoms with E-state index in [1.165, 1.54) is 0 Å². The van der Waals surface area contributed by atoms with Crippen molar-refractivity contribution in [1.82, 2.24) is 5.32 Å². The molecular formula is C11H10ClN3OS. The number of hydrogen-bond donors (Lipinski definition) is 2. The Kier molecular flexibility index (Phi) is 3.89. The van der Waals surface area contributed by atoms with Gasteiger partial charge in [0.1, 0.15) is 0 Å². The van der Waals surface area contributed by atoms with Gasteiger partial charge in [-0.2, -0.15) is 5.26 Å². The third-order valence-corrected chi connectivity index (χ3v) is 3.66. The molecule has 6 heteroatoms. The van der Waals surface area contributed by atoms with Gasteiger partial charge >= 0.3 is 0 Å². The van der Waals surface area contributed by atoms with E-state index < -0.39 is 0 Å². The number of nitriles is 1. The minimum absolute atomic E-state index is 0.119. The highest BCUT2D eigenvalue weighted by Crippen LogP contribution is 2.23. The van der Waals surface area contributed by atoms with Crippen LogP contribution < -0.4 is 10.6 Å². The van der Waals surface area contributed by atoms with E-state index in [9.17, 15) is 4.79 Å². The molecule has 1 atom stereocenters. The van der Waals surface area contributed by atoms with E-state index in [-0.39, 0.29) is 11.9 Å². The SMILES string of the molecule is N#Cc1ccc(Cl)c(NC(=O)C2CSCN2)c1. The number of nitrogens with zero attached hydrogens (tertiary/aromatic N) is 1. The van der Waals surface area contributed by atoms with Crippen LogP contribution in [0.4, 0.5) is 5.69 Å². The number of halogens is 1. The van der Waals surface area contributed by atoms with Crippen LogP contribution in [0, 0.1) is 11.3 Å². The highest BCUT2D eigenvalue weighted by Gasteiger charge is 2.22. The second-order valence-corrected chi connectivity index (χ2v) is 5.00. The molecule has 0 aliphatic carbocycles. The van der Waals surface area contributed by atoms with E-state index in [0.717, 1.165) is 11.6 Å². The van der Waals surface area contributed by atoms with Gasteiger partial charge in [-0.1, -0.05) is 11.6 Å². The summed E-state index contributed by atoms with van der Waals surface area (Å²) in [5, 5.41) is 15.0. The molecule has 88 valence electrons. The summed E-state index contributed by atoms with van der Waals surface area (Å²) >= 11 is 7.63. The van der Waals surface area contributed by atoms with Crippen molar-refractivity contribution in [2.75, 3.05) is 16.9 Å². The Morgan fingerprint density at radius 1 is 1.65 bits per heavy atom. The zero-order chi connectivity index (χ0) is 12.3.